The Morgan fingerprint density at radius 2 is 0.966 bits per heavy atom. The summed E-state index contributed by atoms with van der Waals surface area (Å²) in [6.07, 6.45) is 5.46. The Hall–Kier alpha value is -3.31. The summed E-state index contributed by atoms with van der Waals surface area (Å²) in [7, 11) is 0. The highest BCUT2D eigenvalue weighted by Gasteiger charge is 1.91. The number of carbonyl (C=O) groups is 2. The zero-order chi connectivity index (χ0) is 22.3. The van der Waals surface area contributed by atoms with E-state index in [0.29, 0.717) is 0 Å². The molecule has 0 aliphatic heterocycles. The van der Waals surface area contributed by atoms with Gasteiger partial charge in [-0.3, -0.25) is 0 Å². The van der Waals surface area contributed by atoms with Gasteiger partial charge >= 0.3 is 11.9 Å². The van der Waals surface area contributed by atoms with Gasteiger partial charge in [-0.1, -0.05) is 86.0 Å². The molecular formula is C24H28O4S. The molecule has 0 spiro atoms. The van der Waals surface area contributed by atoms with Crippen molar-refractivity contribution in [3.8, 4) is 11.1 Å². The molecule has 0 bridgehead atoms. The normalized spacial score (nSPS) is 8.14. The van der Waals surface area contributed by atoms with Gasteiger partial charge in [0, 0.05) is 23.7 Å². The molecule has 154 valence electrons. The summed E-state index contributed by atoms with van der Waals surface area (Å²) in [5.41, 5.74) is 2.55. The molecule has 29 heavy (non-hydrogen) atoms. The van der Waals surface area contributed by atoms with Crippen LogP contribution >= 0.6 is 11.8 Å². The van der Waals surface area contributed by atoms with E-state index in [0.717, 1.165) is 23.7 Å². The van der Waals surface area contributed by atoms with E-state index in [2.05, 4.69) is 74.8 Å². The number of benzene rings is 2. The molecular weight excluding hydrogens is 384 g/mol. The number of carboxylic acids is 2. The predicted molar refractivity (Wildman–Crippen MR) is 125 cm³/mol. The molecule has 4 nitrogen and oxygen atoms in total. The molecule has 0 saturated carbocycles. The van der Waals surface area contributed by atoms with Crippen LogP contribution in [0.25, 0.3) is 11.1 Å². The quantitative estimate of drug-likeness (QED) is 0.333. The van der Waals surface area contributed by atoms with E-state index in [-0.39, 0.29) is 0 Å². The number of aliphatic carboxylic acids is 2. The van der Waals surface area contributed by atoms with Gasteiger partial charge in [0.25, 0.3) is 0 Å². The van der Waals surface area contributed by atoms with Gasteiger partial charge in [-0.15, -0.1) is 13.2 Å². The Balaban J connectivity index is 0. The second-order valence-electron chi connectivity index (χ2n) is 4.93. The minimum atomic E-state index is -0.981. The SMILES string of the molecule is C=CC(=O)O.C=CC(=O)O.C=CCSCC=C.c1ccc(-c2ccccc2)cc1. The summed E-state index contributed by atoms with van der Waals surface area (Å²) < 4.78 is 0. The van der Waals surface area contributed by atoms with Gasteiger partial charge in [0.2, 0.25) is 0 Å². The lowest BCUT2D eigenvalue weighted by Crippen LogP contribution is -1.82. The van der Waals surface area contributed by atoms with Crippen molar-refractivity contribution in [1.82, 2.24) is 0 Å². The van der Waals surface area contributed by atoms with Crippen molar-refractivity contribution in [3.05, 3.63) is 111 Å². The lowest BCUT2D eigenvalue weighted by molar-refractivity contribution is -0.132. The average molecular weight is 413 g/mol. The van der Waals surface area contributed by atoms with Crippen LogP contribution in [0.3, 0.4) is 0 Å². The Morgan fingerprint density at radius 3 is 1.17 bits per heavy atom. The van der Waals surface area contributed by atoms with E-state index in [9.17, 15) is 9.59 Å². The van der Waals surface area contributed by atoms with Crippen molar-refractivity contribution >= 4 is 23.7 Å². The third kappa shape index (κ3) is 20.9. The molecule has 2 N–H and O–H groups in total. The topological polar surface area (TPSA) is 74.6 Å². The second kappa shape index (κ2) is 21.0. The zero-order valence-corrected chi connectivity index (χ0v) is 17.3. The fourth-order valence-corrected chi connectivity index (χ4v) is 1.97. The van der Waals surface area contributed by atoms with Crippen molar-refractivity contribution in [1.29, 1.82) is 0 Å². The highest BCUT2D eigenvalue weighted by atomic mass is 32.2. The van der Waals surface area contributed by atoms with Crippen LogP contribution in [-0.4, -0.2) is 33.7 Å². The van der Waals surface area contributed by atoms with E-state index in [4.69, 9.17) is 10.2 Å². The lowest BCUT2D eigenvalue weighted by atomic mass is 10.1. The van der Waals surface area contributed by atoms with Crippen molar-refractivity contribution in [2.75, 3.05) is 11.5 Å². The first kappa shape index (κ1) is 27.9. The van der Waals surface area contributed by atoms with E-state index in [1.807, 2.05) is 36.0 Å². The molecule has 0 fully saturated rings. The van der Waals surface area contributed by atoms with Crippen LogP contribution in [0.2, 0.25) is 0 Å². The minimum Gasteiger partial charge on any atom is -0.478 e. The zero-order valence-electron chi connectivity index (χ0n) is 16.4. The van der Waals surface area contributed by atoms with Crippen LogP contribution in [0.5, 0.6) is 0 Å². The smallest absolute Gasteiger partial charge is 0.327 e. The molecule has 0 unspecified atom stereocenters. The fourth-order valence-electron chi connectivity index (χ4n) is 1.50. The monoisotopic (exact) mass is 412 g/mol. The molecule has 2 rings (SSSR count). The van der Waals surface area contributed by atoms with Gasteiger partial charge in [0.05, 0.1) is 0 Å². The summed E-state index contributed by atoms with van der Waals surface area (Å²) in [5.74, 6) is 0.105. The Labute approximate surface area is 177 Å². The van der Waals surface area contributed by atoms with E-state index in [1.54, 1.807) is 0 Å². The first-order valence-corrected chi connectivity index (χ1v) is 9.69. The predicted octanol–water partition coefficient (Wildman–Crippen LogP) is 5.96. The van der Waals surface area contributed by atoms with Gasteiger partial charge in [-0.2, -0.15) is 11.8 Å². The summed E-state index contributed by atoms with van der Waals surface area (Å²) >= 11 is 1.82. The number of thioether (sulfide) groups is 1. The number of hydrogen-bond donors (Lipinski definition) is 2. The average Bonchev–Trinajstić information content (AvgIpc) is 2.76. The summed E-state index contributed by atoms with van der Waals surface area (Å²) in [4.78, 5) is 18.5. The molecule has 0 heterocycles. The number of carboxylic acid groups (broad SMARTS) is 2. The maximum Gasteiger partial charge on any atom is 0.327 e. The molecule has 0 atom stereocenters. The first-order valence-electron chi connectivity index (χ1n) is 8.53. The standard InChI is InChI=1S/C12H10.C6H10S.2C3H4O2/c1-3-7-11(8-4-1)12-9-5-2-6-10-12;1-3-5-7-6-4-2;2*1-2-3(4)5/h1-10H;3-4H,1-2,5-6H2;2*2H,1H2,(H,4,5). The highest BCUT2D eigenvalue weighted by molar-refractivity contribution is 7.99. The van der Waals surface area contributed by atoms with Crippen LogP contribution < -0.4 is 0 Å². The molecule has 2 aromatic carbocycles. The number of rotatable bonds is 7. The summed E-state index contributed by atoms with van der Waals surface area (Å²) in [6.45, 7) is 13.1. The molecule has 0 saturated heterocycles. The summed E-state index contributed by atoms with van der Waals surface area (Å²) in [5, 5.41) is 15.2. The number of hydrogen-bond acceptors (Lipinski definition) is 3. The van der Waals surface area contributed by atoms with Crippen LogP contribution in [-0.2, 0) is 9.59 Å². The molecule has 0 radical (unpaired) electrons. The Bertz CT molecular complexity index is 662. The van der Waals surface area contributed by atoms with E-state index >= 15 is 0 Å². The van der Waals surface area contributed by atoms with Crippen molar-refractivity contribution in [2.24, 2.45) is 0 Å². The van der Waals surface area contributed by atoms with Gasteiger partial charge in [-0.25, -0.2) is 9.59 Å². The molecule has 0 aromatic heterocycles. The Morgan fingerprint density at radius 1 is 0.690 bits per heavy atom. The van der Waals surface area contributed by atoms with Crippen LogP contribution in [0.4, 0.5) is 0 Å². The molecule has 0 aliphatic rings. The maximum atomic E-state index is 9.25. The van der Waals surface area contributed by atoms with Gasteiger partial charge in [0.1, 0.15) is 0 Å². The molecule has 0 amide bonds. The van der Waals surface area contributed by atoms with Gasteiger partial charge in [-0.05, 0) is 11.1 Å². The first-order chi connectivity index (χ1) is 13.9. The van der Waals surface area contributed by atoms with Crippen molar-refractivity contribution < 1.29 is 19.8 Å². The maximum absolute atomic E-state index is 9.25. The van der Waals surface area contributed by atoms with Crippen molar-refractivity contribution in [3.63, 3.8) is 0 Å². The largest absolute Gasteiger partial charge is 0.478 e. The van der Waals surface area contributed by atoms with Crippen molar-refractivity contribution in [2.45, 2.75) is 0 Å². The fraction of sp³-hybridized carbons (Fsp3) is 0.0833. The third-order valence-corrected chi connectivity index (χ3v) is 3.64. The third-order valence-electron chi connectivity index (χ3n) is 2.70. The van der Waals surface area contributed by atoms with Crippen LogP contribution in [0.15, 0.2) is 111 Å². The van der Waals surface area contributed by atoms with Crippen LogP contribution in [0, 0.1) is 0 Å². The highest BCUT2D eigenvalue weighted by Crippen LogP contribution is 2.17. The lowest BCUT2D eigenvalue weighted by Gasteiger charge is -1.98. The van der Waals surface area contributed by atoms with Gasteiger partial charge < -0.3 is 10.2 Å². The molecule has 0 aliphatic carbocycles. The molecule has 5 heteroatoms. The van der Waals surface area contributed by atoms with E-state index in [1.165, 1.54) is 11.1 Å². The molecule has 2 aromatic rings. The van der Waals surface area contributed by atoms with Gasteiger partial charge in [0.15, 0.2) is 0 Å². The Kier molecular flexibility index (Phi) is 20.2. The van der Waals surface area contributed by atoms with E-state index < -0.39 is 11.9 Å². The minimum absolute atomic E-state index is 0.833. The summed E-state index contributed by atoms with van der Waals surface area (Å²) in [6, 6.07) is 20.8. The second-order valence-corrected chi connectivity index (χ2v) is 6.01. The van der Waals surface area contributed by atoms with Crippen LogP contribution in [0.1, 0.15) is 0 Å².